The number of hydrogen-bond donors (Lipinski definition) is 0. The Bertz CT molecular complexity index is 533. The molecule has 0 aliphatic heterocycles. The van der Waals surface area contributed by atoms with E-state index >= 15 is 0 Å². The third-order valence-electron chi connectivity index (χ3n) is 6.88. The van der Waals surface area contributed by atoms with Gasteiger partial charge >= 0.3 is 5.97 Å². The molecule has 25 heavy (non-hydrogen) atoms. The monoisotopic (exact) mass is 348 g/mol. The summed E-state index contributed by atoms with van der Waals surface area (Å²) in [6.07, 6.45) is 6.82. The number of Topliss-reactive ketones (excluding diaryl/α,β-unsaturated/α-hetero) is 1. The summed E-state index contributed by atoms with van der Waals surface area (Å²) in [5, 5.41) is 0. The number of allylic oxidation sites excluding steroid dienone is 1. The van der Waals surface area contributed by atoms with Gasteiger partial charge in [-0.1, -0.05) is 39.8 Å². The van der Waals surface area contributed by atoms with Crippen molar-refractivity contribution in [1.29, 1.82) is 0 Å². The molecule has 0 amide bonds. The summed E-state index contributed by atoms with van der Waals surface area (Å²) in [6.45, 7) is 15.5. The molecule has 0 bridgehead atoms. The zero-order valence-electron chi connectivity index (χ0n) is 16.8. The lowest BCUT2D eigenvalue weighted by molar-refractivity contribution is -0.141. The van der Waals surface area contributed by atoms with Gasteiger partial charge in [-0.25, -0.2) is 0 Å². The average Bonchev–Trinajstić information content (AvgIpc) is 2.43. The van der Waals surface area contributed by atoms with Crippen LogP contribution in [0.5, 0.6) is 0 Å². The second kappa shape index (κ2) is 7.63. The minimum atomic E-state index is -0.203. The maximum Gasteiger partial charge on any atom is 0.302 e. The van der Waals surface area contributed by atoms with Crippen LogP contribution in [0.4, 0.5) is 0 Å². The van der Waals surface area contributed by atoms with Crippen LogP contribution in [0.25, 0.3) is 0 Å². The highest BCUT2D eigenvalue weighted by Crippen LogP contribution is 2.61. The summed E-state index contributed by atoms with van der Waals surface area (Å²) in [5.74, 6) is 1.77. The summed E-state index contributed by atoms with van der Waals surface area (Å²) in [4.78, 5) is 23.4. The molecular weight excluding hydrogens is 312 g/mol. The Morgan fingerprint density at radius 2 is 1.96 bits per heavy atom. The molecule has 0 radical (unpaired) electrons. The van der Waals surface area contributed by atoms with E-state index in [1.54, 1.807) is 0 Å². The molecule has 2 fully saturated rings. The van der Waals surface area contributed by atoms with E-state index in [1.807, 2.05) is 0 Å². The number of rotatable bonds is 6. The van der Waals surface area contributed by atoms with E-state index in [4.69, 9.17) is 4.74 Å². The number of ether oxygens (including phenoxy) is 1. The highest BCUT2D eigenvalue weighted by atomic mass is 16.5. The van der Waals surface area contributed by atoms with Gasteiger partial charge < -0.3 is 4.74 Å². The Balaban J connectivity index is 2.03. The largest absolute Gasteiger partial charge is 0.466 e. The summed E-state index contributed by atoms with van der Waals surface area (Å²) < 4.78 is 5.07. The molecule has 2 saturated carbocycles. The molecule has 0 aromatic carbocycles. The average molecular weight is 349 g/mol. The summed E-state index contributed by atoms with van der Waals surface area (Å²) in [7, 11) is 0. The topological polar surface area (TPSA) is 43.4 Å². The lowest BCUT2D eigenvalue weighted by Gasteiger charge is -2.57. The molecule has 0 aromatic rings. The summed E-state index contributed by atoms with van der Waals surface area (Å²) in [5.41, 5.74) is 1.50. The third kappa shape index (κ3) is 4.54. The molecule has 0 saturated heterocycles. The van der Waals surface area contributed by atoms with Gasteiger partial charge in [0.25, 0.3) is 0 Å². The van der Waals surface area contributed by atoms with Gasteiger partial charge in [-0.05, 0) is 60.7 Å². The van der Waals surface area contributed by atoms with Crippen LogP contribution in [0, 0.1) is 28.6 Å². The van der Waals surface area contributed by atoms with E-state index in [1.165, 1.54) is 18.9 Å². The quantitative estimate of drug-likeness (QED) is 0.481. The number of carbonyl (C=O) groups excluding carboxylic acids is 2. The molecular formula is C22H36O3. The lowest BCUT2D eigenvalue weighted by atomic mass is 9.47. The molecule has 3 heteroatoms. The lowest BCUT2D eigenvalue weighted by Crippen LogP contribution is -2.52. The highest BCUT2D eigenvalue weighted by Gasteiger charge is 2.54. The standard InChI is InChI=1S/C22H36O3/c1-15(11-12-25-17(3)23)7-9-19-16(2)8-10-20-21(4,5)13-18(24)14-22(19,20)6/h15,19-20H,2,7-14H2,1,3-6H3. The zero-order valence-corrected chi connectivity index (χ0v) is 16.8. The van der Waals surface area contributed by atoms with Gasteiger partial charge in [-0.15, -0.1) is 0 Å². The van der Waals surface area contributed by atoms with Crippen molar-refractivity contribution in [1.82, 2.24) is 0 Å². The first-order valence-electron chi connectivity index (χ1n) is 9.89. The molecule has 2 rings (SSSR count). The second-order valence-electron chi connectivity index (χ2n) is 9.50. The Morgan fingerprint density at radius 3 is 2.60 bits per heavy atom. The molecule has 0 spiro atoms. The zero-order chi connectivity index (χ0) is 18.8. The SMILES string of the molecule is C=C1CCC2C(C)(C)CC(=O)CC2(C)C1CCC(C)CCOC(C)=O. The van der Waals surface area contributed by atoms with Gasteiger partial charge in [0.15, 0.2) is 0 Å². The van der Waals surface area contributed by atoms with Gasteiger partial charge in [0.2, 0.25) is 0 Å². The van der Waals surface area contributed by atoms with Crippen molar-refractivity contribution in [2.24, 2.45) is 28.6 Å². The van der Waals surface area contributed by atoms with Crippen molar-refractivity contribution in [3.63, 3.8) is 0 Å². The van der Waals surface area contributed by atoms with Gasteiger partial charge in [0, 0.05) is 19.8 Å². The van der Waals surface area contributed by atoms with Crippen molar-refractivity contribution >= 4 is 11.8 Å². The Kier molecular flexibility index (Phi) is 6.17. The van der Waals surface area contributed by atoms with E-state index in [9.17, 15) is 9.59 Å². The van der Waals surface area contributed by atoms with Crippen LogP contribution in [-0.4, -0.2) is 18.4 Å². The van der Waals surface area contributed by atoms with E-state index in [0.29, 0.717) is 36.6 Å². The van der Waals surface area contributed by atoms with Crippen LogP contribution in [0.2, 0.25) is 0 Å². The molecule has 4 atom stereocenters. The van der Waals surface area contributed by atoms with Gasteiger partial charge in [-0.2, -0.15) is 0 Å². The van der Waals surface area contributed by atoms with Crippen molar-refractivity contribution in [2.45, 2.75) is 79.6 Å². The van der Waals surface area contributed by atoms with Crippen molar-refractivity contribution < 1.29 is 14.3 Å². The van der Waals surface area contributed by atoms with Crippen molar-refractivity contribution in [2.75, 3.05) is 6.61 Å². The first-order valence-corrected chi connectivity index (χ1v) is 9.89. The number of ketones is 1. The Labute approximate surface area is 153 Å². The van der Waals surface area contributed by atoms with Crippen molar-refractivity contribution in [3.8, 4) is 0 Å². The van der Waals surface area contributed by atoms with E-state index < -0.39 is 0 Å². The van der Waals surface area contributed by atoms with Crippen molar-refractivity contribution in [3.05, 3.63) is 12.2 Å². The maximum absolute atomic E-state index is 12.5. The fourth-order valence-electron chi connectivity index (χ4n) is 5.72. The van der Waals surface area contributed by atoms with Crippen LogP contribution in [-0.2, 0) is 14.3 Å². The molecule has 0 N–H and O–H groups in total. The Hall–Kier alpha value is -1.12. The second-order valence-corrected chi connectivity index (χ2v) is 9.50. The van der Waals surface area contributed by atoms with E-state index in [2.05, 4.69) is 34.3 Å². The summed E-state index contributed by atoms with van der Waals surface area (Å²) in [6, 6.07) is 0. The number of fused-ring (bicyclic) bond motifs is 1. The Morgan fingerprint density at radius 1 is 1.28 bits per heavy atom. The first-order chi connectivity index (χ1) is 11.6. The maximum atomic E-state index is 12.5. The molecule has 2 aliphatic carbocycles. The molecule has 4 unspecified atom stereocenters. The van der Waals surface area contributed by atoms with E-state index in [0.717, 1.165) is 32.1 Å². The normalized spacial score (nSPS) is 32.8. The fraction of sp³-hybridized carbons (Fsp3) is 0.818. The molecule has 0 aromatic heterocycles. The summed E-state index contributed by atoms with van der Waals surface area (Å²) >= 11 is 0. The highest BCUT2D eigenvalue weighted by molar-refractivity contribution is 5.81. The minimum absolute atomic E-state index is 0.0593. The first kappa shape index (κ1) is 20.2. The smallest absolute Gasteiger partial charge is 0.302 e. The van der Waals surface area contributed by atoms with Crippen LogP contribution in [0.15, 0.2) is 12.2 Å². The van der Waals surface area contributed by atoms with Crippen LogP contribution >= 0.6 is 0 Å². The minimum Gasteiger partial charge on any atom is -0.466 e. The van der Waals surface area contributed by atoms with E-state index in [-0.39, 0.29) is 16.8 Å². The molecule has 142 valence electrons. The fourth-order valence-corrected chi connectivity index (χ4v) is 5.72. The molecule has 2 aliphatic rings. The van der Waals surface area contributed by atoms with Crippen LogP contribution in [0.3, 0.4) is 0 Å². The number of carbonyl (C=O) groups is 2. The van der Waals surface area contributed by atoms with Gasteiger partial charge in [0.1, 0.15) is 5.78 Å². The van der Waals surface area contributed by atoms with Gasteiger partial charge in [0.05, 0.1) is 6.61 Å². The number of hydrogen-bond acceptors (Lipinski definition) is 3. The molecule has 0 heterocycles. The van der Waals surface area contributed by atoms with Crippen LogP contribution < -0.4 is 0 Å². The molecule has 3 nitrogen and oxygen atoms in total. The van der Waals surface area contributed by atoms with Gasteiger partial charge in [-0.3, -0.25) is 9.59 Å². The predicted molar refractivity (Wildman–Crippen MR) is 101 cm³/mol. The third-order valence-corrected chi connectivity index (χ3v) is 6.88. The number of esters is 1. The predicted octanol–water partition coefficient (Wildman–Crippen LogP) is 5.33. The van der Waals surface area contributed by atoms with Crippen LogP contribution in [0.1, 0.15) is 79.6 Å².